The molecule has 1 saturated carbocycles. The summed E-state index contributed by atoms with van der Waals surface area (Å²) < 4.78 is 5.81. The highest BCUT2D eigenvalue weighted by Crippen LogP contribution is 2.20. The Balaban J connectivity index is 1.53. The van der Waals surface area contributed by atoms with Crippen molar-refractivity contribution in [3.05, 3.63) is 0 Å². The molecule has 1 aliphatic carbocycles. The van der Waals surface area contributed by atoms with E-state index in [1.165, 1.54) is 32.1 Å². The summed E-state index contributed by atoms with van der Waals surface area (Å²) in [6.45, 7) is 4.30. The van der Waals surface area contributed by atoms with Gasteiger partial charge >= 0.3 is 0 Å². The second kappa shape index (κ2) is 7.85. The van der Waals surface area contributed by atoms with Gasteiger partial charge in [0.25, 0.3) is 0 Å². The molecule has 2 aliphatic rings. The van der Waals surface area contributed by atoms with Crippen LogP contribution in [0.3, 0.4) is 0 Å². The van der Waals surface area contributed by atoms with Crippen LogP contribution in [-0.2, 0) is 9.53 Å². The summed E-state index contributed by atoms with van der Waals surface area (Å²) in [4.78, 5) is 11.9. The van der Waals surface area contributed by atoms with E-state index in [1.54, 1.807) is 0 Å². The van der Waals surface area contributed by atoms with E-state index in [0.29, 0.717) is 25.3 Å². The fourth-order valence-corrected chi connectivity index (χ4v) is 3.00. The van der Waals surface area contributed by atoms with E-state index in [0.717, 1.165) is 19.4 Å². The zero-order chi connectivity index (χ0) is 13.5. The van der Waals surface area contributed by atoms with Crippen molar-refractivity contribution < 1.29 is 9.53 Å². The third-order valence-electron chi connectivity index (χ3n) is 4.34. The summed E-state index contributed by atoms with van der Waals surface area (Å²) in [7, 11) is 0. The minimum absolute atomic E-state index is 0.144. The molecule has 1 aliphatic heterocycles. The van der Waals surface area contributed by atoms with Crippen molar-refractivity contribution in [3.63, 3.8) is 0 Å². The number of rotatable bonds is 5. The highest BCUT2D eigenvalue weighted by atomic mass is 16.5. The standard InChI is InChI=1S/C15H28N2O2/c1-12-7-8-13(11-17-12)15(18)16-9-10-19-14-5-3-2-4-6-14/h12-14,17H,2-11H2,1H3,(H,16,18). The Labute approximate surface area is 116 Å². The lowest BCUT2D eigenvalue weighted by molar-refractivity contribution is -0.126. The summed E-state index contributed by atoms with van der Waals surface area (Å²) in [6.07, 6.45) is 8.86. The van der Waals surface area contributed by atoms with Gasteiger partial charge in [0.2, 0.25) is 5.91 Å². The highest BCUT2D eigenvalue weighted by Gasteiger charge is 2.23. The zero-order valence-electron chi connectivity index (χ0n) is 12.1. The monoisotopic (exact) mass is 268 g/mol. The molecule has 0 aromatic carbocycles. The summed E-state index contributed by atoms with van der Waals surface area (Å²) >= 11 is 0. The van der Waals surface area contributed by atoms with Crippen molar-refractivity contribution in [2.45, 2.75) is 64.0 Å². The second-order valence-electron chi connectivity index (χ2n) is 6.01. The van der Waals surface area contributed by atoms with E-state index in [1.807, 2.05) is 0 Å². The quantitative estimate of drug-likeness (QED) is 0.748. The van der Waals surface area contributed by atoms with Crippen LogP contribution in [0.1, 0.15) is 51.9 Å². The molecule has 2 fully saturated rings. The van der Waals surface area contributed by atoms with Gasteiger partial charge in [-0.25, -0.2) is 0 Å². The summed E-state index contributed by atoms with van der Waals surface area (Å²) in [5.41, 5.74) is 0. The number of carbonyl (C=O) groups excluding carboxylic acids is 1. The van der Waals surface area contributed by atoms with E-state index in [-0.39, 0.29) is 11.8 Å². The molecule has 0 bridgehead atoms. The van der Waals surface area contributed by atoms with Crippen molar-refractivity contribution >= 4 is 5.91 Å². The predicted molar refractivity (Wildman–Crippen MR) is 76.0 cm³/mol. The van der Waals surface area contributed by atoms with Crippen molar-refractivity contribution in [1.29, 1.82) is 0 Å². The Morgan fingerprint density at radius 3 is 2.68 bits per heavy atom. The maximum atomic E-state index is 11.9. The maximum Gasteiger partial charge on any atom is 0.224 e. The normalized spacial score (nSPS) is 29.1. The van der Waals surface area contributed by atoms with Gasteiger partial charge in [0.1, 0.15) is 0 Å². The van der Waals surface area contributed by atoms with Gasteiger partial charge in [0.15, 0.2) is 0 Å². The number of ether oxygens (including phenoxy) is 1. The van der Waals surface area contributed by atoms with Crippen LogP contribution in [0, 0.1) is 5.92 Å². The number of amides is 1. The maximum absolute atomic E-state index is 11.9. The van der Waals surface area contributed by atoms with Gasteiger partial charge in [0.05, 0.1) is 18.6 Å². The summed E-state index contributed by atoms with van der Waals surface area (Å²) in [5, 5.41) is 6.37. The fraction of sp³-hybridized carbons (Fsp3) is 0.933. The SMILES string of the molecule is CC1CCC(C(=O)NCCOC2CCCCC2)CN1. The molecule has 1 saturated heterocycles. The number of piperidine rings is 1. The van der Waals surface area contributed by atoms with E-state index >= 15 is 0 Å². The Hall–Kier alpha value is -0.610. The molecule has 4 nitrogen and oxygen atoms in total. The van der Waals surface area contributed by atoms with Crippen molar-refractivity contribution in [2.75, 3.05) is 19.7 Å². The van der Waals surface area contributed by atoms with Crippen LogP contribution in [0.2, 0.25) is 0 Å². The van der Waals surface area contributed by atoms with Crippen LogP contribution in [0.25, 0.3) is 0 Å². The van der Waals surface area contributed by atoms with Crippen LogP contribution in [0.4, 0.5) is 0 Å². The summed E-state index contributed by atoms with van der Waals surface area (Å²) in [5.74, 6) is 0.331. The average molecular weight is 268 g/mol. The third kappa shape index (κ3) is 5.11. The third-order valence-corrected chi connectivity index (χ3v) is 4.34. The van der Waals surface area contributed by atoms with Gasteiger partial charge in [-0.2, -0.15) is 0 Å². The fourth-order valence-electron chi connectivity index (χ4n) is 3.00. The first-order valence-corrected chi connectivity index (χ1v) is 7.88. The van der Waals surface area contributed by atoms with Crippen LogP contribution < -0.4 is 10.6 Å². The first kappa shape index (κ1) is 14.8. The Kier molecular flexibility index (Phi) is 6.11. The number of nitrogens with one attached hydrogen (secondary N) is 2. The first-order valence-electron chi connectivity index (χ1n) is 7.88. The second-order valence-corrected chi connectivity index (χ2v) is 6.01. The van der Waals surface area contributed by atoms with E-state index in [4.69, 9.17) is 4.74 Å². The lowest BCUT2D eigenvalue weighted by Gasteiger charge is -2.27. The molecule has 1 amide bonds. The number of hydrogen-bond donors (Lipinski definition) is 2. The minimum atomic E-state index is 0.144. The van der Waals surface area contributed by atoms with Gasteiger partial charge in [-0.1, -0.05) is 19.3 Å². The van der Waals surface area contributed by atoms with Crippen LogP contribution >= 0.6 is 0 Å². The van der Waals surface area contributed by atoms with Crippen LogP contribution in [-0.4, -0.2) is 37.7 Å². The molecule has 0 radical (unpaired) electrons. The molecule has 0 spiro atoms. The van der Waals surface area contributed by atoms with E-state index in [2.05, 4.69) is 17.6 Å². The number of carbonyl (C=O) groups is 1. The molecule has 2 atom stereocenters. The van der Waals surface area contributed by atoms with Gasteiger partial charge in [-0.3, -0.25) is 4.79 Å². The molecule has 19 heavy (non-hydrogen) atoms. The molecule has 2 N–H and O–H groups in total. The first-order chi connectivity index (χ1) is 9.25. The molecule has 110 valence electrons. The van der Waals surface area contributed by atoms with Crippen molar-refractivity contribution in [2.24, 2.45) is 5.92 Å². The van der Waals surface area contributed by atoms with Gasteiger partial charge in [-0.05, 0) is 32.6 Å². The highest BCUT2D eigenvalue weighted by molar-refractivity contribution is 5.78. The largest absolute Gasteiger partial charge is 0.376 e. The van der Waals surface area contributed by atoms with Crippen molar-refractivity contribution in [1.82, 2.24) is 10.6 Å². The van der Waals surface area contributed by atoms with Gasteiger partial charge in [-0.15, -0.1) is 0 Å². The van der Waals surface area contributed by atoms with E-state index < -0.39 is 0 Å². The van der Waals surface area contributed by atoms with E-state index in [9.17, 15) is 4.79 Å². The molecule has 4 heteroatoms. The van der Waals surface area contributed by atoms with Crippen LogP contribution in [0.15, 0.2) is 0 Å². The molecular formula is C15H28N2O2. The van der Waals surface area contributed by atoms with Crippen molar-refractivity contribution in [3.8, 4) is 0 Å². The minimum Gasteiger partial charge on any atom is -0.376 e. The predicted octanol–water partition coefficient (Wildman–Crippen LogP) is 1.84. The lowest BCUT2D eigenvalue weighted by atomic mass is 9.95. The van der Waals surface area contributed by atoms with Crippen LogP contribution in [0.5, 0.6) is 0 Å². The lowest BCUT2D eigenvalue weighted by Crippen LogP contribution is -2.44. The van der Waals surface area contributed by atoms with Gasteiger partial charge in [0, 0.05) is 19.1 Å². The topological polar surface area (TPSA) is 50.4 Å². The molecule has 1 heterocycles. The Morgan fingerprint density at radius 2 is 2.00 bits per heavy atom. The molecule has 0 aromatic rings. The molecule has 2 unspecified atom stereocenters. The Morgan fingerprint density at radius 1 is 1.21 bits per heavy atom. The molecular weight excluding hydrogens is 240 g/mol. The number of hydrogen-bond acceptors (Lipinski definition) is 3. The summed E-state index contributed by atoms with van der Waals surface area (Å²) in [6, 6.07) is 0.554. The van der Waals surface area contributed by atoms with Gasteiger partial charge < -0.3 is 15.4 Å². The molecule has 2 rings (SSSR count). The smallest absolute Gasteiger partial charge is 0.224 e. The Bertz CT molecular complexity index is 269. The zero-order valence-corrected chi connectivity index (χ0v) is 12.1. The average Bonchev–Trinajstić information content (AvgIpc) is 2.45. The molecule has 0 aromatic heterocycles.